The molecule has 4 heteroatoms. The van der Waals surface area contributed by atoms with Crippen LogP contribution in [0.5, 0.6) is 0 Å². The van der Waals surface area contributed by atoms with Crippen LogP contribution < -0.4 is 5.32 Å². The maximum atomic E-state index is 13.4. The summed E-state index contributed by atoms with van der Waals surface area (Å²) >= 11 is 5.64. The van der Waals surface area contributed by atoms with Gasteiger partial charge in [0, 0.05) is 11.1 Å². The molecule has 0 aliphatic rings. The number of rotatable bonds is 5. The van der Waals surface area contributed by atoms with E-state index < -0.39 is 5.82 Å². The number of hydrogen-bond acceptors (Lipinski definition) is 1. The van der Waals surface area contributed by atoms with Crippen molar-refractivity contribution >= 4 is 17.5 Å². The highest BCUT2D eigenvalue weighted by atomic mass is 35.5. The molecule has 0 saturated heterocycles. The first-order valence-corrected chi connectivity index (χ1v) is 6.14. The molecule has 0 saturated carbocycles. The number of hydrogen-bond donors (Lipinski definition) is 1. The number of carbonyl (C=O) groups excluding carboxylic acids is 1. The monoisotopic (exact) mass is 257 g/mol. The molecule has 1 aromatic rings. The molecular formula is C13H17ClFNO. The number of amides is 1. The average Bonchev–Trinajstić information content (AvgIpc) is 2.22. The Morgan fingerprint density at radius 2 is 2.24 bits per heavy atom. The average molecular weight is 258 g/mol. The van der Waals surface area contributed by atoms with Crippen molar-refractivity contribution in [3.05, 3.63) is 34.6 Å². The molecule has 1 amide bonds. The van der Waals surface area contributed by atoms with Crippen LogP contribution in [0.2, 0.25) is 5.02 Å². The van der Waals surface area contributed by atoms with Crippen molar-refractivity contribution in [3.63, 3.8) is 0 Å². The van der Waals surface area contributed by atoms with E-state index in [2.05, 4.69) is 12.2 Å². The molecule has 1 atom stereocenters. The lowest BCUT2D eigenvalue weighted by atomic mass is 10.1. The second-order valence-corrected chi connectivity index (χ2v) is 4.61. The van der Waals surface area contributed by atoms with Crippen molar-refractivity contribution in [1.82, 2.24) is 5.32 Å². The normalized spacial score (nSPS) is 12.2. The van der Waals surface area contributed by atoms with Crippen molar-refractivity contribution in [2.45, 2.75) is 39.2 Å². The smallest absolute Gasteiger partial charge is 0.224 e. The third kappa shape index (κ3) is 4.73. The van der Waals surface area contributed by atoms with Gasteiger partial charge < -0.3 is 5.32 Å². The minimum absolute atomic E-state index is 0.0526. The van der Waals surface area contributed by atoms with Gasteiger partial charge in [-0.25, -0.2) is 4.39 Å². The van der Waals surface area contributed by atoms with Crippen molar-refractivity contribution in [3.8, 4) is 0 Å². The standard InChI is InChI=1S/C13H17ClFNO/c1-3-4-9(2)16-13(17)7-10-5-6-11(14)8-12(10)15/h5-6,8-9H,3-4,7H2,1-2H3,(H,16,17). The molecule has 0 aliphatic heterocycles. The lowest BCUT2D eigenvalue weighted by Crippen LogP contribution is -2.33. The highest BCUT2D eigenvalue weighted by Gasteiger charge is 2.10. The maximum absolute atomic E-state index is 13.4. The van der Waals surface area contributed by atoms with E-state index in [9.17, 15) is 9.18 Å². The van der Waals surface area contributed by atoms with Crippen LogP contribution in [0, 0.1) is 5.82 Å². The van der Waals surface area contributed by atoms with Crippen molar-refractivity contribution in [2.75, 3.05) is 0 Å². The van der Waals surface area contributed by atoms with Crippen LogP contribution in [0.3, 0.4) is 0 Å². The first kappa shape index (κ1) is 14.0. The molecule has 1 N–H and O–H groups in total. The summed E-state index contributed by atoms with van der Waals surface area (Å²) in [6.45, 7) is 4.00. The van der Waals surface area contributed by atoms with E-state index in [1.807, 2.05) is 6.92 Å². The summed E-state index contributed by atoms with van der Waals surface area (Å²) in [5.74, 6) is -0.594. The quantitative estimate of drug-likeness (QED) is 0.861. The summed E-state index contributed by atoms with van der Waals surface area (Å²) in [6, 6.07) is 4.48. The number of benzene rings is 1. The first-order chi connectivity index (χ1) is 8.02. The Labute approximate surface area is 106 Å². The molecule has 1 rings (SSSR count). The molecular weight excluding hydrogens is 241 g/mol. The van der Waals surface area contributed by atoms with Crippen molar-refractivity contribution in [1.29, 1.82) is 0 Å². The van der Waals surface area contributed by atoms with Crippen LogP contribution in [-0.2, 0) is 11.2 Å². The lowest BCUT2D eigenvalue weighted by Gasteiger charge is -2.12. The number of carbonyl (C=O) groups is 1. The molecule has 0 radical (unpaired) electrons. The zero-order valence-electron chi connectivity index (χ0n) is 10.1. The van der Waals surface area contributed by atoms with Gasteiger partial charge in [0.15, 0.2) is 0 Å². The number of nitrogens with one attached hydrogen (secondary N) is 1. The number of halogens is 2. The Morgan fingerprint density at radius 3 is 2.82 bits per heavy atom. The molecule has 2 nitrogen and oxygen atoms in total. The van der Waals surface area contributed by atoms with Gasteiger partial charge in [-0.05, 0) is 31.0 Å². The van der Waals surface area contributed by atoms with Crippen LogP contribution in [0.15, 0.2) is 18.2 Å². The maximum Gasteiger partial charge on any atom is 0.224 e. The zero-order valence-corrected chi connectivity index (χ0v) is 10.9. The molecule has 0 heterocycles. The summed E-state index contributed by atoms with van der Waals surface area (Å²) < 4.78 is 13.4. The highest BCUT2D eigenvalue weighted by Crippen LogP contribution is 2.15. The lowest BCUT2D eigenvalue weighted by molar-refractivity contribution is -0.121. The van der Waals surface area contributed by atoms with Crippen molar-refractivity contribution in [2.24, 2.45) is 0 Å². The molecule has 0 spiro atoms. The van der Waals surface area contributed by atoms with Crippen LogP contribution >= 0.6 is 11.6 Å². The van der Waals surface area contributed by atoms with E-state index in [1.165, 1.54) is 6.07 Å². The topological polar surface area (TPSA) is 29.1 Å². The van der Waals surface area contributed by atoms with Gasteiger partial charge in [-0.3, -0.25) is 4.79 Å². The summed E-state index contributed by atoms with van der Waals surface area (Å²) in [5, 5.41) is 3.17. The molecule has 0 aliphatic carbocycles. The van der Waals surface area contributed by atoms with Gasteiger partial charge in [0.1, 0.15) is 5.82 Å². The Balaban J connectivity index is 2.56. The SMILES string of the molecule is CCCC(C)NC(=O)Cc1ccc(Cl)cc1F. The van der Waals surface area contributed by atoms with Crippen LogP contribution in [0.25, 0.3) is 0 Å². The highest BCUT2D eigenvalue weighted by molar-refractivity contribution is 6.30. The van der Waals surface area contributed by atoms with Gasteiger partial charge in [0.2, 0.25) is 5.91 Å². The Kier molecular flexibility index (Phi) is 5.42. The minimum Gasteiger partial charge on any atom is -0.353 e. The molecule has 0 aromatic heterocycles. The van der Waals surface area contributed by atoms with E-state index in [0.29, 0.717) is 10.6 Å². The molecule has 1 unspecified atom stereocenters. The van der Waals surface area contributed by atoms with E-state index in [-0.39, 0.29) is 18.4 Å². The van der Waals surface area contributed by atoms with Gasteiger partial charge >= 0.3 is 0 Å². The molecule has 0 bridgehead atoms. The summed E-state index contributed by atoms with van der Waals surface area (Å²) in [6.07, 6.45) is 1.99. The Morgan fingerprint density at radius 1 is 1.53 bits per heavy atom. The second-order valence-electron chi connectivity index (χ2n) is 4.17. The van der Waals surface area contributed by atoms with Crippen LogP contribution in [0.4, 0.5) is 4.39 Å². The zero-order chi connectivity index (χ0) is 12.8. The molecule has 94 valence electrons. The van der Waals surface area contributed by atoms with E-state index >= 15 is 0 Å². The Hall–Kier alpha value is -1.09. The third-order valence-corrected chi connectivity index (χ3v) is 2.73. The summed E-state index contributed by atoms with van der Waals surface area (Å²) in [7, 11) is 0. The fourth-order valence-electron chi connectivity index (χ4n) is 1.67. The van der Waals surface area contributed by atoms with Gasteiger partial charge in [-0.2, -0.15) is 0 Å². The molecule has 0 fully saturated rings. The van der Waals surface area contributed by atoms with Crippen LogP contribution in [-0.4, -0.2) is 11.9 Å². The van der Waals surface area contributed by atoms with E-state index in [0.717, 1.165) is 12.8 Å². The Bertz CT molecular complexity index is 395. The largest absolute Gasteiger partial charge is 0.353 e. The van der Waals surface area contributed by atoms with E-state index in [1.54, 1.807) is 12.1 Å². The summed E-state index contributed by atoms with van der Waals surface area (Å²) in [4.78, 5) is 11.6. The van der Waals surface area contributed by atoms with E-state index in [4.69, 9.17) is 11.6 Å². The van der Waals surface area contributed by atoms with Gasteiger partial charge in [0.05, 0.1) is 6.42 Å². The molecule has 17 heavy (non-hydrogen) atoms. The predicted octanol–water partition coefficient (Wildman–Crippen LogP) is 3.33. The van der Waals surface area contributed by atoms with Crippen LogP contribution in [0.1, 0.15) is 32.3 Å². The van der Waals surface area contributed by atoms with Gasteiger partial charge in [0.25, 0.3) is 0 Å². The van der Waals surface area contributed by atoms with Gasteiger partial charge in [-0.15, -0.1) is 0 Å². The molecule has 1 aromatic carbocycles. The fraction of sp³-hybridized carbons (Fsp3) is 0.462. The summed E-state index contributed by atoms with van der Waals surface area (Å²) in [5.41, 5.74) is 0.371. The second kappa shape index (κ2) is 6.60. The fourth-order valence-corrected chi connectivity index (χ4v) is 1.83. The predicted molar refractivity (Wildman–Crippen MR) is 67.6 cm³/mol. The minimum atomic E-state index is -0.434. The van der Waals surface area contributed by atoms with Crippen molar-refractivity contribution < 1.29 is 9.18 Å². The third-order valence-electron chi connectivity index (χ3n) is 2.50. The van der Waals surface area contributed by atoms with Gasteiger partial charge in [-0.1, -0.05) is 31.0 Å². The first-order valence-electron chi connectivity index (χ1n) is 5.76.